The first-order valence-corrected chi connectivity index (χ1v) is 3.69. The molecule has 0 spiro atoms. The van der Waals surface area contributed by atoms with Crippen LogP contribution in [0.3, 0.4) is 0 Å². The molecule has 3 nitrogen and oxygen atoms in total. The predicted octanol–water partition coefficient (Wildman–Crippen LogP) is 0.543. The SMILES string of the molecule is NC(=O)C1OCc2c[c]ccc21. The van der Waals surface area contributed by atoms with Crippen molar-refractivity contribution in [2.45, 2.75) is 12.7 Å². The molecule has 1 heterocycles. The van der Waals surface area contributed by atoms with Gasteiger partial charge < -0.3 is 10.5 Å². The zero-order chi connectivity index (χ0) is 8.55. The molecule has 1 aliphatic heterocycles. The molecule has 1 radical (unpaired) electrons. The molecule has 0 saturated carbocycles. The first-order valence-electron chi connectivity index (χ1n) is 3.69. The standard InChI is InChI=1S/C9H8NO2/c10-9(11)8-7-4-2-1-3-6(7)5-12-8/h2-4,8H,5H2,(H2,10,11). The molecule has 3 heteroatoms. The summed E-state index contributed by atoms with van der Waals surface area (Å²) in [5, 5.41) is 0. The summed E-state index contributed by atoms with van der Waals surface area (Å²) in [5.41, 5.74) is 7.02. The minimum atomic E-state index is -0.561. The lowest BCUT2D eigenvalue weighted by molar-refractivity contribution is -0.129. The summed E-state index contributed by atoms with van der Waals surface area (Å²) in [4.78, 5) is 10.9. The van der Waals surface area contributed by atoms with Gasteiger partial charge in [-0.1, -0.05) is 12.1 Å². The van der Waals surface area contributed by atoms with Crippen LogP contribution in [-0.2, 0) is 16.1 Å². The first-order chi connectivity index (χ1) is 5.79. The number of fused-ring (bicyclic) bond motifs is 1. The molecule has 12 heavy (non-hydrogen) atoms. The van der Waals surface area contributed by atoms with E-state index in [0.29, 0.717) is 6.61 Å². The minimum Gasteiger partial charge on any atom is -0.367 e. The Balaban J connectivity index is 2.42. The van der Waals surface area contributed by atoms with Gasteiger partial charge in [-0.15, -0.1) is 0 Å². The third-order valence-corrected chi connectivity index (χ3v) is 1.93. The van der Waals surface area contributed by atoms with Crippen LogP contribution < -0.4 is 5.73 Å². The molecule has 0 bridgehead atoms. The van der Waals surface area contributed by atoms with E-state index in [-0.39, 0.29) is 0 Å². The first kappa shape index (κ1) is 7.31. The van der Waals surface area contributed by atoms with Gasteiger partial charge in [0.1, 0.15) is 0 Å². The molecule has 0 saturated heterocycles. The molecule has 2 N–H and O–H groups in total. The lowest BCUT2D eigenvalue weighted by Gasteiger charge is -2.04. The van der Waals surface area contributed by atoms with Crippen LogP contribution in [0.15, 0.2) is 18.2 Å². The van der Waals surface area contributed by atoms with Crippen LogP contribution >= 0.6 is 0 Å². The highest BCUT2D eigenvalue weighted by atomic mass is 16.5. The average Bonchev–Trinajstić information content (AvgIpc) is 2.47. The molecule has 1 atom stereocenters. The molecule has 1 aromatic carbocycles. The fourth-order valence-corrected chi connectivity index (χ4v) is 1.36. The Kier molecular flexibility index (Phi) is 1.59. The Hall–Kier alpha value is -1.35. The normalized spacial score (nSPS) is 20.5. The van der Waals surface area contributed by atoms with Gasteiger partial charge in [-0.3, -0.25) is 4.79 Å². The third-order valence-electron chi connectivity index (χ3n) is 1.93. The Bertz CT molecular complexity index is 322. The van der Waals surface area contributed by atoms with Crippen molar-refractivity contribution in [2.75, 3.05) is 0 Å². The molecular formula is C9H8NO2. The Labute approximate surface area is 70.1 Å². The van der Waals surface area contributed by atoms with Crippen molar-refractivity contribution in [3.8, 4) is 0 Å². The maximum Gasteiger partial charge on any atom is 0.251 e. The fourth-order valence-electron chi connectivity index (χ4n) is 1.36. The summed E-state index contributed by atoms with van der Waals surface area (Å²) in [6, 6.07) is 8.31. The van der Waals surface area contributed by atoms with Gasteiger partial charge in [-0.25, -0.2) is 0 Å². The molecule has 0 fully saturated rings. The van der Waals surface area contributed by atoms with E-state index >= 15 is 0 Å². The van der Waals surface area contributed by atoms with Gasteiger partial charge in [0, 0.05) is 0 Å². The highest BCUT2D eigenvalue weighted by molar-refractivity contribution is 5.81. The smallest absolute Gasteiger partial charge is 0.251 e. The highest BCUT2D eigenvalue weighted by Gasteiger charge is 2.26. The topological polar surface area (TPSA) is 52.3 Å². The number of carbonyl (C=O) groups excluding carboxylic acids is 1. The summed E-state index contributed by atoms with van der Waals surface area (Å²) >= 11 is 0. The summed E-state index contributed by atoms with van der Waals surface area (Å²) in [5.74, 6) is -0.431. The number of benzene rings is 1. The van der Waals surface area contributed by atoms with E-state index in [4.69, 9.17) is 10.5 Å². The number of ether oxygens (including phenoxy) is 1. The molecule has 1 amide bonds. The van der Waals surface area contributed by atoms with Gasteiger partial charge in [0.05, 0.1) is 6.61 Å². The van der Waals surface area contributed by atoms with Crippen molar-refractivity contribution in [2.24, 2.45) is 5.73 Å². The van der Waals surface area contributed by atoms with Crippen LogP contribution in [0, 0.1) is 6.07 Å². The molecule has 0 aromatic heterocycles. The van der Waals surface area contributed by atoms with Gasteiger partial charge in [0.15, 0.2) is 6.10 Å². The zero-order valence-electron chi connectivity index (χ0n) is 6.41. The number of hydrogen-bond acceptors (Lipinski definition) is 2. The van der Waals surface area contributed by atoms with Crippen molar-refractivity contribution in [1.29, 1.82) is 0 Å². The van der Waals surface area contributed by atoms with Crippen LogP contribution in [0.5, 0.6) is 0 Å². The van der Waals surface area contributed by atoms with E-state index < -0.39 is 12.0 Å². The largest absolute Gasteiger partial charge is 0.367 e. The van der Waals surface area contributed by atoms with E-state index in [1.165, 1.54) is 0 Å². The van der Waals surface area contributed by atoms with Gasteiger partial charge in [-0.2, -0.15) is 0 Å². The van der Waals surface area contributed by atoms with Gasteiger partial charge in [0.2, 0.25) is 0 Å². The second-order valence-electron chi connectivity index (χ2n) is 2.72. The predicted molar refractivity (Wildman–Crippen MR) is 42.0 cm³/mol. The van der Waals surface area contributed by atoms with Crippen molar-refractivity contribution < 1.29 is 9.53 Å². The van der Waals surface area contributed by atoms with E-state index in [0.717, 1.165) is 11.1 Å². The molecule has 61 valence electrons. The summed E-state index contributed by atoms with van der Waals surface area (Å²) in [7, 11) is 0. The molecule has 1 aliphatic rings. The number of primary amides is 1. The third kappa shape index (κ3) is 0.987. The minimum absolute atomic E-state index is 0.431. The lowest BCUT2D eigenvalue weighted by Crippen LogP contribution is -2.20. The molecule has 1 unspecified atom stereocenters. The van der Waals surface area contributed by atoms with E-state index in [2.05, 4.69) is 6.07 Å². The van der Waals surface area contributed by atoms with Crippen molar-refractivity contribution >= 4 is 5.91 Å². The quantitative estimate of drug-likeness (QED) is 0.655. The number of hydrogen-bond donors (Lipinski definition) is 1. The Morgan fingerprint density at radius 3 is 3.33 bits per heavy atom. The maximum absolute atomic E-state index is 10.9. The van der Waals surface area contributed by atoms with Crippen molar-refractivity contribution in [3.63, 3.8) is 0 Å². The number of nitrogens with two attached hydrogens (primary N) is 1. The summed E-state index contributed by atoms with van der Waals surface area (Å²) in [6.07, 6.45) is -0.561. The van der Waals surface area contributed by atoms with Crippen LogP contribution in [-0.4, -0.2) is 5.91 Å². The molecule has 2 rings (SSSR count). The van der Waals surface area contributed by atoms with Crippen LogP contribution in [0.2, 0.25) is 0 Å². The van der Waals surface area contributed by atoms with E-state index in [1.54, 1.807) is 6.07 Å². The number of carbonyl (C=O) groups is 1. The monoisotopic (exact) mass is 162 g/mol. The molecule has 0 aliphatic carbocycles. The van der Waals surface area contributed by atoms with Crippen LogP contribution in [0.4, 0.5) is 0 Å². The van der Waals surface area contributed by atoms with Crippen LogP contribution in [0.1, 0.15) is 17.2 Å². The number of amides is 1. The number of rotatable bonds is 1. The summed E-state index contributed by atoms with van der Waals surface area (Å²) in [6.45, 7) is 0.459. The zero-order valence-corrected chi connectivity index (χ0v) is 6.41. The lowest BCUT2D eigenvalue weighted by atomic mass is 10.1. The summed E-state index contributed by atoms with van der Waals surface area (Å²) < 4.78 is 5.19. The Morgan fingerprint density at radius 2 is 2.58 bits per heavy atom. The van der Waals surface area contributed by atoms with Crippen molar-refractivity contribution in [1.82, 2.24) is 0 Å². The maximum atomic E-state index is 10.9. The molecule has 1 aromatic rings. The van der Waals surface area contributed by atoms with Gasteiger partial charge in [-0.05, 0) is 23.3 Å². The Morgan fingerprint density at radius 1 is 1.75 bits per heavy atom. The van der Waals surface area contributed by atoms with E-state index in [1.807, 2.05) is 12.1 Å². The van der Waals surface area contributed by atoms with Gasteiger partial charge >= 0.3 is 0 Å². The second kappa shape index (κ2) is 2.60. The fraction of sp³-hybridized carbons (Fsp3) is 0.222. The molecular weight excluding hydrogens is 154 g/mol. The van der Waals surface area contributed by atoms with Crippen molar-refractivity contribution in [3.05, 3.63) is 35.4 Å². The highest BCUT2D eigenvalue weighted by Crippen LogP contribution is 2.29. The second-order valence-corrected chi connectivity index (χ2v) is 2.72. The van der Waals surface area contributed by atoms with Gasteiger partial charge in [0.25, 0.3) is 5.91 Å². The van der Waals surface area contributed by atoms with Crippen LogP contribution in [0.25, 0.3) is 0 Å². The van der Waals surface area contributed by atoms with E-state index in [9.17, 15) is 4.79 Å². The average molecular weight is 162 g/mol.